The molecular weight excluding hydrogens is 281 g/mol. The summed E-state index contributed by atoms with van der Waals surface area (Å²) < 4.78 is 36.9. The molecule has 0 saturated carbocycles. The van der Waals surface area contributed by atoms with Crippen LogP contribution < -0.4 is 5.32 Å². The summed E-state index contributed by atoms with van der Waals surface area (Å²) in [4.78, 5) is 1.44. The van der Waals surface area contributed by atoms with Gasteiger partial charge in [-0.25, -0.2) is 0 Å². The molecule has 1 saturated heterocycles. The van der Waals surface area contributed by atoms with Crippen molar-refractivity contribution in [3.05, 3.63) is 35.9 Å². The molecule has 21 heavy (non-hydrogen) atoms. The van der Waals surface area contributed by atoms with Crippen molar-refractivity contribution >= 4 is 0 Å². The van der Waals surface area contributed by atoms with E-state index in [2.05, 4.69) is 5.32 Å². The lowest BCUT2D eigenvalue weighted by atomic mass is 10.0. The molecule has 2 N–H and O–H groups in total. The Balaban J connectivity index is 1.69. The Kier molecular flexibility index (Phi) is 5.61. The van der Waals surface area contributed by atoms with Crippen LogP contribution in [0.15, 0.2) is 30.3 Å². The minimum atomic E-state index is -4.12. The van der Waals surface area contributed by atoms with Crippen LogP contribution in [0.4, 0.5) is 13.2 Å². The number of aliphatic hydroxyl groups is 1. The first-order valence-electron chi connectivity index (χ1n) is 7.19. The van der Waals surface area contributed by atoms with Crippen molar-refractivity contribution in [3.8, 4) is 0 Å². The van der Waals surface area contributed by atoms with Crippen LogP contribution in [0.5, 0.6) is 0 Å². The first-order chi connectivity index (χ1) is 9.94. The zero-order chi connectivity index (χ0) is 15.3. The fraction of sp³-hybridized carbons (Fsp3) is 0.600. The second-order valence-corrected chi connectivity index (χ2v) is 5.50. The van der Waals surface area contributed by atoms with Crippen LogP contribution in [-0.2, 0) is 0 Å². The lowest BCUT2D eigenvalue weighted by Gasteiger charge is -2.33. The average molecular weight is 302 g/mol. The van der Waals surface area contributed by atoms with Crippen molar-refractivity contribution < 1.29 is 18.3 Å². The van der Waals surface area contributed by atoms with Gasteiger partial charge in [0.05, 0.1) is 12.6 Å². The van der Waals surface area contributed by atoms with Gasteiger partial charge in [0, 0.05) is 12.6 Å². The predicted molar refractivity (Wildman–Crippen MR) is 74.9 cm³/mol. The molecule has 1 fully saturated rings. The summed E-state index contributed by atoms with van der Waals surface area (Å²) in [6.07, 6.45) is -3.35. The lowest BCUT2D eigenvalue weighted by Crippen LogP contribution is -2.46. The zero-order valence-electron chi connectivity index (χ0n) is 11.8. The van der Waals surface area contributed by atoms with E-state index in [1.54, 1.807) is 0 Å². The number of nitrogens with zero attached hydrogens (tertiary/aromatic N) is 1. The minimum absolute atomic E-state index is 0.174. The molecule has 0 aromatic heterocycles. The maximum Gasteiger partial charge on any atom is 0.401 e. The summed E-state index contributed by atoms with van der Waals surface area (Å²) in [5.41, 5.74) is 0.847. The lowest BCUT2D eigenvalue weighted by molar-refractivity contribution is -0.148. The molecule has 0 spiro atoms. The highest BCUT2D eigenvalue weighted by Gasteiger charge is 2.32. The smallest absolute Gasteiger partial charge is 0.387 e. The van der Waals surface area contributed by atoms with E-state index in [-0.39, 0.29) is 6.04 Å². The third kappa shape index (κ3) is 5.65. The molecule has 6 heteroatoms. The van der Waals surface area contributed by atoms with Crippen LogP contribution in [0.1, 0.15) is 24.5 Å². The summed E-state index contributed by atoms with van der Waals surface area (Å²) in [6, 6.07) is 9.52. The van der Waals surface area contributed by atoms with E-state index in [4.69, 9.17) is 0 Å². The minimum Gasteiger partial charge on any atom is -0.387 e. The SMILES string of the molecule is OC(CNC1CCN(CC(F)(F)F)CC1)c1ccccc1. The van der Waals surface area contributed by atoms with Crippen molar-refractivity contribution in [3.63, 3.8) is 0 Å². The number of benzene rings is 1. The molecule has 1 aliphatic heterocycles. The van der Waals surface area contributed by atoms with E-state index in [0.717, 1.165) is 5.56 Å². The largest absolute Gasteiger partial charge is 0.401 e. The van der Waals surface area contributed by atoms with Gasteiger partial charge in [-0.05, 0) is 31.5 Å². The van der Waals surface area contributed by atoms with Gasteiger partial charge in [-0.2, -0.15) is 13.2 Å². The van der Waals surface area contributed by atoms with Crippen molar-refractivity contribution in [2.75, 3.05) is 26.2 Å². The van der Waals surface area contributed by atoms with Gasteiger partial charge in [0.15, 0.2) is 0 Å². The average Bonchev–Trinajstić information content (AvgIpc) is 2.45. The molecule has 0 amide bonds. The fourth-order valence-corrected chi connectivity index (χ4v) is 2.62. The van der Waals surface area contributed by atoms with Gasteiger partial charge in [-0.1, -0.05) is 30.3 Å². The molecule has 1 unspecified atom stereocenters. The Hall–Kier alpha value is -1.11. The van der Waals surface area contributed by atoms with Gasteiger partial charge in [-0.3, -0.25) is 4.90 Å². The van der Waals surface area contributed by atoms with E-state index in [9.17, 15) is 18.3 Å². The molecule has 1 aromatic carbocycles. The van der Waals surface area contributed by atoms with Gasteiger partial charge in [0.2, 0.25) is 0 Å². The molecule has 1 aromatic rings. The standard InChI is InChI=1S/C15H21F3N2O/c16-15(17,18)11-20-8-6-13(7-9-20)19-10-14(21)12-4-2-1-3-5-12/h1-5,13-14,19,21H,6-11H2. The summed E-state index contributed by atoms with van der Waals surface area (Å²) >= 11 is 0. The van der Waals surface area contributed by atoms with Crippen LogP contribution >= 0.6 is 0 Å². The van der Waals surface area contributed by atoms with Crippen LogP contribution in [-0.4, -0.2) is 48.4 Å². The van der Waals surface area contributed by atoms with E-state index in [1.807, 2.05) is 30.3 Å². The summed E-state index contributed by atoms with van der Waals surface area (Å²) in [7, 11) is 0. The number of hydrogen-bond donors (Lipinski definition) is 2. The normalized spacial score (nSPS) is 19.6. The second-order valence-electron chi connectivity index (χ2n) is 5.50. The Morgan fingerprint density at radius 3 is 2.38 bits per heavy atom. The van der Waals surface area contributed by atoms with Gasteiger partial charge in [0.1, 0.15) is 0 Å². The van der Waals surface area contributed by atoms with Crippen LogP contribution in [0.25, 0.3) is 0 Å². The molecule has 1 heterocycles. The molecule has 0 radical (unpaired) electrons. The van der Waals surface area contributed by atoms with Crippen LogP contribution in [0, 0.1) is 0 Å². The highest BCUT2D eigenvalue weighted by atomic mass is 19.4. The van der Waals surface area contributed by atoms with Crippen molar-refractivity contribution in [2.24, 2.45) is 0 Å². The molecule has 2 rings (SSSR count). The molecule has 0 aliphatic carbocycles. The fourth-order valence-electron chi connectivity index (χ4n) is 2.62. The number of aliphatic hydroxyl groups excluding tert-OH is 1. The number of alkyl halides is 3. The van der Waals surface area contributed by atoms with E-state index in [0.29, 0.717) is 32.5 Å². The predicted octanol–water partition coefficient (Wildman–Crippen LogP) is 2.34. The first-order valence-corrected chi connectivity index (χ1v) is 7.19. The summed E-state index contributed by atoms with van der Waals surface area (Å²) in [6.45, 7) is 0.484. The quantitative estimate of drug-likeness (QED) is 0.876. The zero-order valence-corrected chi connectivity index (χ0v) is 11.8. The van der Waals surface area contributed by atoms with Crippen LogP contribution in [0.2, 0.25) is 0 Å². The highest BCUT2D eigenvalue weighted by molar-refractivity contribution is 5.17. The van der Waals surface area contributed by atoms with Gasteiger partial charge < -0.3 is 10.4 Å². The molecule has 1 aliphatic rings. The number of piperidine rings is 1. The number of rotatable bonds is 5. The van der Waals surface area contributed by atoms with Gasteiger partial charge in [0.25, 0.3) is 0 Å². The summed E-state index contributed by atoms with van der Waals surface area (Å²) in [5, 5.41) is 13.3. The third-order valence-electron chi connectivity index (χ3n) is 3.77. The molecule has 0 bridgehead atoms. The maximum absolute atomic E-state index is 12.3. The van der Waals surface area contributed by atoms with Crippen molar-refractivity contribution in [1.82, 2.24) is 10.2 Å². The Morgan fingerprint density at radius 1 is 1.19 bits per heavy atom. The highest BCUT2D eigenvalue weighted by Crippen LogP contribution is 2.20. The third-order valence-corrected chi connectivity index (χ3v) is 3.77. The molecular formula is C15H21F3N2O. The maximum atomic E-state index is 12.3. The second kappa shape index (κ2) is 7.24. The summed E-state index contributed by atoms with van der Waals surface area (Å²) in [5.74, 6) is 0. The van der Waals surface area contributed by atoms with Crippen molar-refractivity contribution in [1.29, 1.82) is 0 Å². The Labute approximate surface area is 122 Å². The Bertz CT molecular complexity index is 417. The topological polar surface area (TPSA) is 35.5 Å². The van der Waals surface area contributed by atoms with E-state index >= 15 is 0 Å². The number of nitrogens with one attached hydrogen (secondary N) is 1. The van der Waals surface area contributed by atoms with E-state index < -0.39 is 18.8 Å². The van der Waals surface area contributed by atoms with Crippen molar-refractivity contribution in [2.45, 2.75) is 31.2 Å². The molecule has 118 valence electrons. The molecule has 1 atom stereocenters. The molecule has 3 nitrogen and oxygen atoms in total. The monoisotopic (exact) mass is 302 g/mol. The number of hydrogen-bond acceptors (Lipinski definition) is 3. The number of likely N-dealkylation sites (tertiary alicyclic amines) is 1. The van der Waals surface area contributed by atoms with Gasteiger partial charge in [-0.15, -0.1) is 0 Å². The van der Waals surface area contributed by atoms with Gasteiger partial charge >= 0.3 is 6.18 Å². The number of halogens is 3. The first kappa shape index (κ1) is 16.3. The van der Waals surface area contributed by atoms with Crippen LogP contribution in [0.3, 0.4) is 0 Å². The Morgan fingerprint density at radius 2 is 1.81 bits per heavy atom. The van der Waals surface area contributed by atoms with E-state index in [1.165, 1.54) is 4.90 Å².